The first kappa shape index (κ1) is 14.1. The van der Waals surface area contributed by atoms with Gasteiger partial charge in [-0.15, -0.1) is 0 Å². The molecule has 20 heavy (non-hydrogen) atoms. The van der Waals surface area contributed by atoms with Gasteiger partial charge in [-0.05, 0) is 63.4 Å². The Labute approximate surface area is 123 Å². The van der Waals surface area contributed by atoms with Crippen molar-refractivity contribution in [3.05, 3.63) is 18.0 Å². The van der Waals surface area contributed by atoms with Gasteiger partial charge in [0.25, 0.3) is 0 Å². The average Bonchev–Trinajstić information content (AvgIpc) is 3.19. The van der Waals surface area contributed by atoms with Crippen LogP contribution in [0.1, 0.15) is 64.6 Å². The molecule has 2 saturated carbocycles. The van der Waals surface area contributed by atoms with Gasteiger partial charge >= 0.3 is 0 Å². The smallest absolute Gasteiger partial charge is 0.0762 e. The number of aromatic nitrogens is 2. The van der Waals surface area contributed by atoms with E-state index in [1.807, 2.05) is 0 Å². The molecule has 1 aromatic heterocycles. The molecule has 0 saturated heterocycles. The van der Waals surface area contributed by atoms with Gasteiger partial charge in [0.05, 0.1) is 5.69 Å². The maximum absolute atomic E-state index is 4.68. The van der Waals surface area contributed by atoms with Gasteiger partial charge in [0.2, 0.25) is 0 Å². The van der Waals surface area contributed by atoms with Crippen molar-refractivity contribution in [3.63, 3.8) is 0 Å². The van der Waals surface area contributed by atoms with E-state index in [1.165, 1.54) is 31.4 Å². The molecule has 2 aliphatic rings. The van der Waals surface area contributed by atoms with Gasteiger partial charge in [0, 0.05) is 24.8 Å². The Morgan fingerprint density at radius 2 is 2.20 bits per heavy atom. The van der Waals surface area contributed by atoms with Crippen molar-refractivity contribution in [2.75, 3.05) is 0 Å². The summed E-state index contributed by atoms with van der Waals surface area (Å²) in [4.78, 5) is 0. The monoisotopic (exact) mass is 275 g/mol. The van der Waals surface area contributed by atoms with Gasteiger partial charge in [-0.25, -0.2) is 0 Å². The first-order valence-corrected chi connectivity index (χ1v) is 8.44. The zero-order chi connectivity index (χ0) is 14.1. The number of rotatable bonds is 6. The SMILES string of the molecule is CCC(C)n1ccc(CNC(C)C2CC3CCC2C3)n1. The third-order valence-electron chi connectivity index (χ3n) is 5.75. The molecule has 2 fully saturated rings. The van der Waals surface area contributed by atoms with E-state index in [2.05, 4.69) is 48.1 Å². The summed E-state index contributed by atoms with van der Waals surface area (Å²) >= 11 is 0. The summed E-state index contributed by atoms with van der Waals surface area (Å²) in [5.41, 5.74) is 1.18. The van der Waals surface area contributed by atoms with Gasteiger partial charge in [0.1, 0.15) is 0 Å². The van der Waals surface area contributed by atoms with E-state index >= 15 is 0 Å². The lowest BCUT2D eigenvalue weighted by Crippen LogP contribution is -2.36. The molecule has 3 nitrogen and oxygen atoms in total. The maximum Gasteiger partial charge on any atom is 0.0762 e. The van der Waals surface area contributed by atoms with Crippen molar-refractivity contribution in [2.45, 2.75) is 71.5 Å². The second-order valence-corrected chi connectivity index (χ2v) is 7.05. The van der Waals surface area contributed by atoms with E-state index < -0.39 is 0 Å². The van der Waals surface area contributed by atoms with Gasteiger partial charge in [-0.3, -0.25) is 4.68 Å². The third kappa shape index (κ3) is 2.78. The Kier molecular flexibility index (Phi) is 4.16. The van der Waals surface area contributed by atoms with Crippen LogP contribution in [-0.4, -0.2) is 15.8 Å². The van der Waals surface area contributed by atoms with Crippen molar-refractivity contribution in [3.8, 4) is 0 Å². The van der Waals surface area contributed by atoms with Crippen molar-refractivity contribution in [1.29, 1.82) is 0 Å². The second kappa shape index (κ2) is 5.88. The summed E-state index contributed by atoms with van der Waals surface area (Å²) < 4.78 is 2.10. The van der Waals surface area contributed by atoms with Crippen LogP contribution < -0.4 is 5.32 Å². The molecule has 0 aromatic carbocycles. The van der Waals surface area contributed by atoms with Crippen LogP contribution in [-0.2, 0) is 6.54 Å². The first-order valence-electron chi connectivity index (χ1n) is 8.44. The zero-order valence-corrected chi connectivity index (χ0v) is 13.2. The Balaban J connectivity index is 1.50. The molecular formula is C17H29N3. The normalized spacial score (nSPS) is 31.6. The predicted octanol–water partition coefficient (Wildman–Crippen LogP) is 3.77. The molecule has 1 N–H and O–H groups in total. The summed E-state index contributed by atoms with van der Waals surface area (Å²) in [5, 5.41) is 8.40. The molecule has 1 heterocycles. The molecule has 3 rings (SSSR count). The van der Waals surface area contributed by atoms with Crippen molar-refractivity contribution < 1.29 is 0 Å². The van der Waals surface area contributed by atoms with Crippen molar-refractivity contribution in [1.82, 2.24) is 15.1 Å². The van der Waals surface area contributed by atoms with E-state index in [-0.39, 0.29) is 0 Å². The maximum atomic E-state index is 4.68. The molecule has 0 amide bonds. The lowest BCUT2D eigenvalue weighted by atomic mass is 9.84. The van der Waals surface area contributed by atoms with Crippen LogP contribution in [0.15, 0.2) is 12.3 Å². The van der Waals surface area contributed by atoms with Gasteiger partial charge in [-0.1, -0.05) is 13.3 Å². The van der Waals surface area contributed by atoms with Crippen molar-refractivity contribution >= 4 is 0 Å². The number of hydrogen-bond acceptors (Lipinski definition) is 2. The Morgan fingerprint density at radius 3 is 2.85 bits per heavy atom. The van der Waals surface area contributed by atoms with Crippen LogP contribution >= 0.6 is 0 Å². The van der Waals surface area contributed by atoms with Crippen LogP contribution in [0.3, 0.4) is 0 Å². The van der Waals surface area contributed by atoms with E-state index in [9.17, 15) is 0 Å². The number of fused-ring (bicyclic) bond motifs is 2. The molecule has 112 valence electrons. The molecule has 3 heteroatoms. The van der Waals surface area contributed by atoms with Crippen LogP contribution in [0.5, 0.6) is 0 Å². The lowest BCUT2D eigenvalue weighted by Gasteiger charge is -2.28. The van der Waals surface area contributed by atoms with Crippen LogP contribution in [0.4, 0.5) is 0 Å². The van der Waals surface area contributed by atoms with E-state index in [1.54, 1.807) is 0 Å². The molecule has 0 radical (unpaired) electrons. The molecule has 1 aromatic rings. The van der Waals surface area contributed by atoms with E-state index in [0.29, 0.717) is 12.1 Å². The molecule has 2 aliphatic carbocycles. The van der Waals surface area contributed by atoms with Gasteiger partial charge in [0.15, 0.2) is 0 Å². The fourth-order valence-corrected chi connectivity index (χ4v) is 4.23. The number of nitrogens with one attached hydrogen (secondary N) is 1. The van der Waals surface area contributed by atoms with Gasteiger partial charge < -0.3 is 5.32 Å². The van der Waals surface area contributed by atoms with Crippen LogP contribution in [0.2, 0.25) is 0 Å². The van der Waals surface area contributed by atoms with Crippen molar-refractivity contribution in [2.24, 2.45) is 17.8 Å². The summed E-state index contributed by atoms with van der Waals surface area (Å²) in [7, 11) is 0. The van der Waals surface area contributed by atoms with E-state index in [4.69, 9.17) is 0 Å². The third-order valence-corrected chi connectivity index (χ3v) is 5.75. The zero-order valence-electron chi connectivity index (χ0n) is 13.2. The van der Waals surface area contributed by atoms with Crippen LogP contribution in [0, 0.1) is 17.8 Å². The standard InChI is InChI=1S/C17H29N3/c1-4-12(2)20-8-7-16(19-20)11-18-13(3)17-10-14-5-6-15(17)9-14/h7-8,12-15,17-18H,4-6,9-11H2,1-3H3. The summed E-state index contributed by atoms with van der Waals surface area (Å²) in [6, 6.07) is 3.30. The minimum Gasteiger partial charge on any atom is -0.308 e. The minimum absolute atomic E-state index is 0.506. The highest BCUT2D eigenvalue weighted by atomic mass is 15.3. The first-order chi connectivity index (χ1) is 9.67. The molecular weight excluding hydrogens is 246 g/mol. The summed E-state index contributed by atoms with van der Waals surface area (Å²) in [6.07, 6.45) is 9.18. The molecule has 5 atom stereocenters. The Hall–Kier alpha value is -0.830. The highest BCUT2D eigenvalue weighted by Crippen LogP contribution is 2.49. The fourth-order valence-electron chi connectivity index (χ4n) is 4.23. The average molecular weight is 275 g/mol. The minimum atomic E-state index is 0.506. The largest absolute Gasteiger partial charge is 0.308 e. The molecule has 0 aliphatic heterocycles. The fraction of sp³-hybridized carbons (Fsp3) is 0.824. The van der Waals surface area contributed by atoms with Gasteiger partial charge in [-0.2, -0.15) is 5.10 Å². The topological polar surface area (TPSA) is 29.9 Å². The number of hydrogen-bond donors (Lipinski definition) is 1. The molecule has 0 spiro atoms. The quantitative estimate of drug-likeness (QED) is 0.856. The highest BCUT2D eigenvalue weighted by Gasteiger charge is 2.41. The lowest BCUT2D eigenvalue weighted by molar-refractivity contribution is 0.258. The van der Waals surface area contributed by atoms with Crippen LogP contribution in [0.25, 0.3) is 0 Å². The Bertz CT molecular complexity index is 439. The summed E-state index contributed by atoms with van der Waals surface area (Å²) in [6.45, 7) is 7.72. The summed E-state index contributed by atoms with van der Waals surface area (Å²) in [5.74, 6) is 2.95. The highest BCUT2D eigenvalue weighted by molar-refractivity contribution is 5.00. The Morgan fingerprint density at radius 1 is 1.35 bits per heavy atom. The predicted molar refractivity (Wildman–Crippen MR) is 82.5 cm³/mol. The van der Waals surface area contributed by atoms with E-state index in [0.717, 1.165) is 30.7 Å². The second-order valence-electron chi connectivity index (χ2n) is 7.05. The molecule has 5 unspecified atom stereocenters. The molecule has 2 bridgehead atoms. The number of nitrogens with zero attached hydrogens (tertiary/aromatic N) is 2.